The number of hydrogen-bond acceptors (Lipinski definition) is 6. The summed E-state index contributed by atoms with van der Waals surface area (Å²) in [6.45, 7) is 4.98. The lowest BCUT2D eigenvalue weighted by molar-refractivity contribution is -0.386. The molecule has 0 bridgehead atoms. The molecule has 8 nitrogen and oxygen atoms in total. The molecule has 0 saturated heterocycles. The summed E-state index contributed by atoms with van der Waals surface area (Å²) in [5.41, 5.74) is 2.16. The Morgan fingerprint density at radius 3 is 2.79 bits per heavy atom. The molecule has 0 atom stereocenters. The third kappa shape index (κ3) is 2.98. The minimum Gasteiger partial charge on any atom is -0.324 e. The van der Waals surface area contributed by atoms with Gasteiger partial charge in [-0.15, -0.1) is 11.3 Å². The van der Waals surface area contributed by atoms with Gasteiger partial charge in [0, 0.05) is 5.69 Å². The van der Waals surface area contributed by atoms with Gasteiger partial charge in [0.15, 0.2) is 0 Å². The van der Waals surface area contributed by atoms with E-state index in [9.17, 15) is 14.9 Å². The first-order valence-corrected chi connectivity index (χ1v) is 8.02. The monoisotopic (exact) mass is 345 g/mol. The van der Waals surface area contributed by atoms with Crippen LogP contribution in [0.3, 0.4) is 0 Å². The maximum Gasteiger partial charge on any atom is 0.312 e. The lowest BCUT2D eigenvalue weighted by Crippen LogP contribution is -2.20. The van der Waals surface area contributed by atoms with E-state index < -0.39 is 4.92 Å². The van der Waals surface area contributed by atoms with Gasteiger partial charge in [-0.25, -0.2) is 4.98 Å². The summed E-state index contributed by atoms with van der Waals surface area (Å²) in [6, 6.07) is 5.49. The molecular formula is C15H15N5O3S. The molecule has 0 aliphatic carbocycles. The van der Waals surface area contributed by atoms with Crippen molar-refractivity contribution in [3.63, 3.8) is 0 Å². The Morgan fingerprint density at radius 2 is 2.12 bits per heavy atom. The number of thiazole rings is 1. The number of rotatable bonds is 4. The Kier molecular flexibility index (Phi) is 4.02. The summed E-state index contributed by atoms with van der Waals surface area (Å²) < 4.78 is 2.34. The van der Waals surface area contributed by atoms with Crippen LogP contribution in [0.25, 0.3) is 10.2 Å². The van der Waals surface area contributed by atoms with Crippen molar-refractivity contribution in [2.75, 3.05) is 5.32 Å². The van der Waals surface area contributed by atoms with E-state index in [1.54, 1.807) is 31.3 Å². The molecule has 0 aliphatic heterocycles. The van der Waals surface area contributed by atoms with Crippen molar-refractivity contribution in [3.8, 4) is 0 Å². The topological polar surface area (TPSA) is 103 Å². The number of hydrogen-bond donors (Lipinski definition) is 1. The molecule has 0 saturated carbocycles. The zero-order chi connectivity index (χ0) is 17.4. The van der Waals surface area contributed by atoms with Gasteiger partial charge in [0.1, 0.15) is 17.9 Å². The molecule has 2 heterocycles. The second-order valence-electron chi connectivity index (χ2n) is 5.40. The number of fused-ring (bicyclic) bond motifs is 1. The number of nitrogens with zero attached hydrogens (tertiary/aromatic N) is 4. The molecule has 1 aromatic carbocycles. The summed E-state index contributed by atoms with van der Waals surface area (Å²) in [7, 11) is 0. The molecule has 1 amide bonds. The minimum absolute atomic E-state index is 0.0515. The smallest absolute Gasteiger partial charge is 0.312 e. The summed E-state index contributed by atoms with van der Waals surface area (Å²) in [6.07, 6.45) is 0. The molecule has 0 fully saturated rings. The van der Waals surface area contributed by atoms with Crippen LogP contribution >= 0.6 is 11.3 Å². The number of anilines is 1. The third-order valence-corrected chi connectivity index (χ3v) is 4.53. The van der Waals surface area contributed by atoms with Gasteiger partial charge in [-0.05, 0) is 39.0 Å². The largest absolute Gasteiger partial charge is 0.324 e. The highest BCUT2D eigenvalue weighted by molar-refractivity contribution is 7.18. The summed E-state index contributed by atoms with van der Waals surface area (Å²) in [5, 5.41) is 18.8. The highest BCUT2D eigenvalue weighted by Crippen LogP contribution is 2.25. The van der Waals surface area contributed by atoms with E-state index >= 15 is 0 Å². The first-order valence-electron chi connectivity index (χ1n) is 7.20. The van der Waals surface area contributed by atoms with E-state index in [1.165, 1.54) is 4.68 Å². The normalized spacial score (nSPS) is 11.0. The van der Waals surface area contributed by atoms with E-state index in [4.69, 9.17) is 0 Å². The first-order chi connectivity index (χ1) is 11.3. The van der Waals surface area contributed by atoms with E-state index in [2.05, 4.69) is 15.4 Å². The molecule has 3 rings (SSSR count). The van der Waals surface area contributed by atoms with Crippen molar-refractivity contribution in [3.05, 3.63) is 44.7 Å². The van der Waals surface area contributed by atoms with Gasteiger partial charge in [-0.2, -0.15) is 5.10 Å². The maximum atomic E-state index is 12.2. The van der Waals surface area contributed by atoms with Crippen LogP contribution in [0.1, 0.15) is 16.4 Å². The van der Waals surface area contributed by atoms with Crippen molar-refractivity contribution in [1.82, 2.24) is 14.8 Å². The number of carbonyl (C=O) groups is 1. The maximum absolute atomic E-state index is 12.2. The molecule has 3 aromatic rings. The van der Waals surface area contributed by atoms with E-state index in [0.717, 1.165) is 15.2 Å². The van der Waals surface area contributed by atoms with E-state index in [0.29, 0.717) is 17.1 Å². The average molecular weight is 345 g/mol. The summed E-state index contributed by atoms with van der Waals surface area (Å²) >= 11 is 1.55. The zero-order valence-corrected chi connectivity index (χ0v) is 14.2. The van der Waals surface area contributed by atoms with Crippen molar-refractivity contribution >= 4 is 38.8 Å². The fourth-order valence-electron chi connectivity index (χ4n) is 2.56. The van der Waals surface area contributed by atoms with Gasteiger partial charge in [-0.1, -0.05) is 0 Å². The third-order valence-electron chi connectivity index (χ3n) is 3.60. The Balaban J connectivity index is 1.77. The summed E-state index contributed by atoms with van der Waals surface area (Å²) in [5.74, 6) is -0.295. The molecular weight excluding hydrogens is 330 g/mol. The molecule has 0 aliphatic rings. The molecule has 2 aromatic heterocycles. The van der Waals surface area contributed by atoms with Gasteiger partial charge in [0.25, 0.3) is 0 Å². The van der Waals surface area contributed by atoms with E-state index in [-0.39, 0.29) is 18.1 Å². The van der Waals surface area contributed by atoms with E-state index in [1.807, 2.05) is 19.1 Å². The zero-order valence-electron chi connectivity index (χ0n) is 13.4. The molecule has 9 heteroatoms. The Hall–Kier alpha value is -2.81. The van der Waals surface area contributed by atoms with Gasteiger partial charge in [0.05, 0.1) is 20.1 Å². The van der Waals surface area contributed by atoms with Gasteiger partial charge in [0.2, 0.25) is 5.91 Å². The number of nitrogens with one attached hydrogen (secondary N) is 1. The van der Waals surface area contributed by atoms with Gasteiger partial charge >= 0.3 is 5.69 Å². The quantitative estimate of drug-likeness (QED) is 0.578. The van der Waals surface area contributed by atoms with Gasteiger partial charge < -0.3 is 5.32 Å². The Bertz CT molecular complexity index is 960. The Labute approximate surface area is 141 Å². The van der Waals surface area contributed by atoms with Crippen LogP contribution in [0, 0.1) is 30.9 Å². The van der Waals surface area contributed by atoms with Crippen LogP contribution in [-0.4, -0.2) is 25.6 Å². The number of benzene rings is 1. The average Bonchev–Trinajstić information content (AvgIpc) is 2.97. The number of aromatic nitrogens is 3. The summed E-state index contributed by atoms with van der Waals surface area (Å²) in [4.78, 5) is 27.1. The molecule has 1 N–H and O–H groups in total. The molecule has 124 valence electrons. The fourth-order valence-corrected chi connectivity index (χ4v) is 3.43. The van der Waals surface area contributed by atoms with Crippen LogP contribution in [-0.2, 0) is 11.3 Å². The first kappa shape index (κ1) is 16.1. The van der Waals surface area contributed by atoms with Crippen LogP contribution in [0.2, 0.25) is 0 Å². The number of carbonyl (C=O) groups excluding carboxylic acids is 1. The number of aryl methyl sites for hydroxylation is 2. The lowest BCUT2D eigenvalue weighted by atomic mass is 10.3. The highest BCUT2D eigenvalue weighted by atomic mass is 32.1. The fraction of sp³-hybridized carbons (Fsp3) is 0.267. The second kappa shape index (κ2) is 6.00. The number of amides is 1. The van der Waals surface area contributed by atoms with Crippen molar-refractivity contribution in [2.45, 2.75) is 27.3 Å². The molecule has 24 heavy (non-hydrogen) atoms. The Morgan fingerprint density at radius 1 is 1.38 bits per heavy atom. The second-order valence-corrected chi connectivity index (χ2v) is 6.63. The predicted molar refractivity (Wildman–Crippen MR) is 91.3 cm³/mol. The van der Waals surface area contributed by atoms with Crippen LogP contribution in [0.5, 0.6) is 0 Å². The minimum atomic E-state index is -0.480. The molecule has 0 radical (unpaired) electrons. The standard InChI is InChI=1S/C15H15N5O3S/c1-8-15(20(22)23)9(2)19(18-8)7-14(21)17-11-4-5-12-13(6-11)24-10(3)16-12/h4-6H,7H2,1-3H3,(H,17,21). The van der Waals surface area contributed by atoms with Gasteiger partial charge in [-0.3, -0.25) is 19.6 Å². The van der Waals surface area contributed by atoms with Crippen LogP contribution in [0.4, 0.5) is 11.4 Å². The number of nitro groups is 1. The predicted octanol–water partition coefficient (Wildman–Crippen LogP) is 2.96. The van der Waals surface area contributed by atoms with Crippen molar-refractivity contribution in [2.24, 2.45) is 0 Å². The lowest BCUT2D eigenvalue weighted by Gasteiger charge is -2.06. The molecule has 0 spiro atoms. The van der Waals surface area contributed by atoms with Crippen molar-refractivity contribution in [1.29, 1.82) is 0 Å². The highest BCUT2D eigenvalue weighted by Gasteiger charge is 2.22. The molecule has 0 unspecified atom stereocenters. The van der Waals surface area contributed by atoms with Crippen LogP contribution in [0.15, 0.2) is 18.2 Å². The SMILES string of the molecule is Cc1nc2ccc(NC(=O)Cn3nc(C)c([N+](=O)[O-])c3C)cc2s1. The van der Waals surface area contributed by atoms with Crippen LogP contribution < -0.4 is 5.32 Å². The van der Waals surface area contributed by atoms with Crippen molar-refractivity contribution < 1.29 is 9.72 Å².